The zero-order valence-electron chi connectivity index (χ0n) is 22.9. The van der Waals surface area contributed by atoms with Crippen molar-refractivity contribution in [3.8, 4) is 11.5 Å². The summed E-state index contributed by atoms with van der Waals surface area (Å²) in [6.45, 7) is 6.77. The Labute approximate surface area is 247 Å². The Hall–Kier alpha value is -3.88. The number of thiazole rings is 1. The van der Waals surface area contributed by atoms with Crippen molar-refractivity contribution in [2.75, 3.05) is 11.5 Å². The van der Waals surface area contributed by atoms with Gasteiger partial charge in [0.2, 0.25) is 0 Å². The maximum absolute atomic E-state index is 13.7. The molecule has 0 radical (unpaired) electrons. The monoisotopic (exact) mass is 588 g/mol. The van der Waals surface area contributed by atoms with E-state index in [0.717, 1.165) is 22.4 Å². The normalized spacial score (nSPS) is 19.7. The van der Waals surface area contributed by atoms with Crippen LogP contribution < -0.4 is 14.4 Å². The number of carbonyl (C=O) groups is 2. The number of rotatable bonds is 7. The topological polar surface area (TPSA) is 89.0 Å². The fourth-order valence-electron chi connectivity index (χ4n) is 5.25. The van der Waals surface area contributed by atoms with Crippen LogP contribution in [-0.4, -0.2) is 34.5 Å². The van der Waals surface area contributed by atoms with E-state index in [1.165, 1.54) is 16.2 Å². The molecular weight excluding hydrogens is 560 g/mol. The van der Waals surface area contributed by atoms with Crippen molar-refractivity contribution < 1.29 is 24.2 Å². The van der Waals surface area contributed by atoms with Gasteiger partial charge in [0.1, 0.15) is 23.4 Å². The number of benzene rings is 3. The second kappa shape index (κ2) is 10.8. The summed E-state index contributed by atoms with van der Waals surface area (Å²) >= 11 is 7.47. The molecule has 1 fully saturated rings. The number of hydrogen-bond donors (Lipinski definition) is 1. The number of aliphatic hydroxyl groups excluding tert-OH is 1. The summed E-state index contributed by atoms with van der Waals surface area (Å²) in [5.41, 5.74) is 2.68. The molecule has 0 saturated carbocycles. The number of amides is 1. The lowest BCUT2D eigenvalue weighted by Crippen LogP contribution is -2.29. The maximum Gasteiger partial charge on any atom is 0.301 e. The van der Waals surface area contributed by atoms with Crippen LogP contribution in [0.25, 0.3) is 16.0 Å². The fraction of sp³-hybridized carbons (Fsp3) is 0.281. The van der Waals surface area contributed by atoms with E-state index < -0.39 is 17.7 Å². The summed E-state index contributed by atoms with van der Waals surface area (Å²) in [7, 11) is 0. The molecule has 3 heterocycles. The molecule has 9 heteroatoms. The molecule has 1 N–H and O–H groups in total. The zero-order chi connectivity index (χ0) is 28.8. The Bertz CT molecular complexity index is 1710. The van der Waals surface area contributed by atoms with Gasteiger partial charge in [-0.2, -0.15) is 0 Å². The first-order valence-electron chi connectivity index (χ1n) is 13.6. The van der Waals surface area contributed by atoms with Crippen molar-refractivity contribution in [3.05, 3.63) is 87.9 Å². The van der Waals surface area contributed by atoms with Gasteiger partial charge in [0.05, 0.1) is 28.4 Å². The van der Waals surface area contributed by atoms with E-state index in [2.05, 4.69) is 18.8 Å². The van der Waals surface area contributed by atoms with Crippen molar-refractivity contribution in [1.29, 1.82) is 0 Å². The third-order valence-corrected chi connectivity index (χ3v) is 8.55. The van der Waals surface area contributed by atoms with Gasteiger partial charge in [0, 0.05) is 17.0 Å². The lowest BCUT2D eigenvalue weighted by atomic mass is 9.94. The molecule has 0 unspecified atom stereocenters. The molecule has 2 aliphatic heterocycles. The first kappa shape index (κ1) is 27.3. The molecule has 6 rings (SSSR count). The molecular formula is C32H29ClN2O5S. The molecule has 41 heavy (non-hydrogen) atoms. The van der Waals surface area contributed by atoms with Crippen LogP contribution in [0.3, 0.4) is 0 Å². The highest BCUT2D eigenvalue weighted by Gasteiger charge is 2.48. The number of hydrogen-bond acceptors (Lipinski definition) is 7. The number of fused-ring (bicyclic) bond motifs is 2. The number of aromatic nitrogens is 1. The Morgan fingerprint density at radius 1 is 1.17 bits per heavy atom. The van der Waals surface area contributed by atoms with Gasteiger partial charge in [0.15, 0.2) is 5.13 Å². The van der Waals surface area contributed by atoms with E-state index in [1.807, 2.05) is 37.3 Å². The molecule has 1 amide bonds. The minimum atomic E-state index is -0.914. The third kappa shape index (κ3) is 5.18. The Balaban J connectivity index is 1.48. The minimum absolute atomic E-state index is 0.00136. The second-order valence-electron chi connectivity index (χ2n) is 10.8. The highest BCUT2D eigenvalue weighted by molar-refractivity contribution is 7.22. The number of carbonyl (C=O) groups excluding carboxylic acids is 2. The lowest BCUT2D eigenvalue weighted by Gasteiger charge is -2.23. The molecule has 1 aromatic heterocycles. The summed E-state index contributed by atoms with van der Waals surface area (Å²) in [5.74, 6) is 0.0814. The Morgan fingerprint density at radius 3 is 2.80 bits per heavy atom. The predicted molar refractivity (Wildman–Crippen MR) is 161 cm³/mol. The van der Waals surface area contributed by atoms with Crippen LogP contribution in [0, 0.1) is 5.92 Å². The molecule has 3 aromatic carbocycles. The number of anilines is 1. The summed E-state index contributed by atoms with van der Waals surface area (Å²) in [6.07, 6.45) is 1.61. The number of halogens is 1. The number of aliphatic hydroxyl groups is 1. The van der Waals surface area contributed by atoms with Crippen LogP contribution in [0.5, 0.6) is 11.5 Å². The predicted octanol–water partition coefficient (Wildman–Crippen LogP) is 7.32. The van der Waals surface area contributed by atoms with E-state index in [4.69, 9.17) is 21.1 Å². The van der Waals surface area contributed by atoms with Crippen LogP contribution in [0.2, 0.25) is 5.02 Å². The van der Waals surface area contributed by atoms with E-state index in [1.54, 1.807) is 30.3 Å². The van der Waals surface area contributed by atoms with Crippen LogP contribution in [-0.2, 0) is 16.0 Å². The number of ether oxygens (including phenoxy) is 2. The molecule has 7 nitrogen and oxygen atoms in total. The lowest BCUT2D eigenvalue weighted by molar-refractivity contribution is -0.132. The molecule has 1 saturated heterocycles. The molecule has 210 valence electrons. The molecule has 4 aromatic rings. The zero-order valence-corrected chi connectivity index (χ0v) is 24.5. The van der Waals surface area contributed by atoms with Crippen molar-refractivity contribution in [3.63, 3.8) is 0 Å². The molecule has 0 bridgehead atoms. The van der Waals surface area contributed by atoms with Crippen LogP contribution in [0.1, 0.15) is 49.9 Å². The number of nitrogens with zero attached hydrogens (tertiary/aromatic N) is 2. The van der Waals surface area contributed by atoms with Crippen LogP contribution in [0.15, 0.2) is 66.2 Å². The summed E-state index contributed by atoms with van der Waals surface area (Å²) < 4.78 is 12.6. The van der Waals surface area contributed by atoms with Crippen LogP contribution >= 0.6 is 22.9 Å². The average molecular weight is 589 g/mol. The highest BCUT2D eigenvalue weighted by Crippen LogP contribution is 2.45. The van der Waals surface area contributed by atoms with E-state index in [-0.39, 0.29) is 17.4 Å². The number of ketones is 1. The van der Waals surface area contributed by atoms with E-state index in [0.29, 0.717) is 51.5 Å². The van der Waals surface area contributed by atoms with E-state index >= 15 is 0 Å². The molecule has 0 aliphatic carbocycles. The largest absolute Gasteiger partial charge is 0.507 e. The van der Waals surface area contributed by atoms with Gasteiger partial charge >= 0.3 is 5.91 Å². The van der Waals surface area contributed by atoms with Gasteiger partial charge in [-0.1, -0.05) is 48.9 Å². The van der Waals surface area contributed by atoms with Gasteiger partial charge in [-0.15, -0.1) is 0 Å². The first-order valence-corrected chi connectivity index (χ1v) is 14.8. The van der Waals surface area contributed by atoms with Gasteiger partial charge in [-0.05, 0) is 78.9 Å². The second-order valence-corrected chi connectivity index (χ2v) is 12.3. The minimum Gasteiger partial charge on any atom is -0.507 e. The standard InChI is InChI=1S/C32H29ClN2O5S/c1-17(2)11-12-39-23-6-4-5-19(15-23)28-27(29(36)20-7-10-25-21(14-20)13-18(3)40-25)30(37)31(38)35(28)32-34-24-9-8-22(33)16-26(24)41-32/h4-10,14-18,28,36H,11-13H2,1-3H3/b29-27+/t18-,28-/m0/s1. The molecule has 0 spiro atoms. The summed E-state index contributed by atoms with van der Waals surface area (Å²) in [5, 5.41) is 12.5. The van der Waals surface area contributed by atoms with Gasteiger partial charge < -0.3 is 14.6 Å². The van der Waals surface area contributed by atoms with E-state index in [9.17, 15) is 14.7 Å². The Morgan fingerprint density at radius 2 is 2.00 bits per heavy atom. The van der Waals surface area contributed by atoms with Gasteiger partial charge in [-0.25, -0.2) is 4.98 Å². The van der Waals surface area contributed by atoms with Gasteiger partial charge in [-0.3, -0.25) is 14.5 Å². The van der Waals surface area contributed by atoms with Crippen molar-refractivity contribution in [2.45, 2.75) is 45.8 Å². The average Bonchev–Trinajstić information content (AvgIpc) is 3.60. The maximum atomic E-state index is 13.7. The summed E-state index contributed by atoms with van der Waals surface area (Å²) in [4.78, 5) is 33.4. The highest BCUT2D eigenvalue weighted by atomic mass is 35.5. The fourth-order valence-corrected chi connectivity index (χ4v) is 6.51. The molecule has 2 atom stereocenters. The number of Topliss-reactive ketones (excluding diaryl/α,β-unsaturated/α-hetero) is 1. The van der Waals surface area contributed by atoms with Crippen LogP contribution in [0.4, 0.5) is 5.13 Å². The first-order chi connectivity index (χ1) is 19.7. The van der Waals surface area contributed by atoms with Crippen molar-refractivity contribution >= 4 is 55.7 Å². The Kier molecular flexibility index (Phi) is 7.21. The third-order valence-electron chi connectivity index (χ3n) is 7.30. The van der Waals surface area contributed by atoms with Gasteiger partial charge in [0.25, 0.3) is 5.78 Å². The summed E-state index contributed by atoms with van der Waals surface area (Å²) in [6, 6.07) is 17.0. The SMILES string of the molecule is CC(C)CCOc1cccc([C@H]2/C(=C(\O)c3ccc4c(c3)C[C@H](C)O4)C(=O)C(=O)N2c2nc3ccc(Cl)cc3s2)c1. The smallest absolute Gasteiger partial charge is 0.301 e. The van der Waals surface area contributed by atoms with Crippen molar-refractivity contribution in [2.24, 2.45) is 5.92 Å². The quantitative estimate of drug-likeness (QED) is 0.138. The van der Waals surface area contributed by atoms with Crippen molar-refractivity contribution in [1.82, 2.24) is 4.98 Å². The molecule has 2 aliphatic rings.